The number of carboxylic acid groups (broad SMARTS) is 1. The van der Waals surface area contributed by atoms with E-state index in [-0.39, 0.29) is 23.1 Å². The van der Waals surface area contributed by atoms with Gasteiger partial charge in [-0.15, -0.1) is 0 Å². The van der Waals surface area contributed by atoms with Crippen LogP contribution in [0, 0.1) is 17.7 Å². The molecule has 2 atom stereocenters. The standard InChI is InChI=1S/C12H12FNO3/c1-6-4-8(6)11(15)14-10-3-2-7(13)5-9(10)12(16)17/h2-3,5-6,8H,4H2,1H3,(H,14,15)(H,16,17). The lowest BCUT2D eigenvalue weighted by Gasteiger charge is -2.08. The molecule has 17 heavy (non-hydrogen) atoms. The van der Waals surface area contributed by atoms with Crippen LogP contribution in [0.25, 0.3) is 0 Å². The van der Waals surface area contributed by atoms with Crippen LogP contribution in [-0.4, -0.2) is 17.0 Å². The molecule has 1 fully saturated rings. The molecule has 1 amide bonds. The second kappa shape index (κ2) is 4.16. The summed E-state index contributed by atoms with van der Waals surface area (Å²) in [7, 11) is 0. The maximum absolute atomic E-state index is 12.9. The molecule has 5 heteroatoms. The first kappa shape index (κ1) is 11.6. The van der Waals surface area contributed by atoms with E-state index >= 15 is 0 Å². The number of nitrogens with one attached hydrogen (secondary N) is 1. The summed E-state index contributed by atoms with van der Waals surface area (Å²) in [4.78, 5) is 22.5. The minimum Gasteiger partial charge on any atom is -0.478 e. The summed E-state index contributed by atoms with van der Waals surface area (Å²) in [5.74, 6) is -1.82. The molecule has 0 heterocycles. The number of hydrogen-bond acceptors (Lipinski definition) is 2. The van der Waals surface area contributed by atoms with Crippen LogP contribution in [0.3, 0.4) is 0 Å². The fourth-order valence-electron chi connectivity index (χ4n) is 1.72. The predicted molar refractivity (Wildman–Crippen MR) is 59.3 cm³/mol. The van der Waals surface area contributed by atoms with Gasteiger partial charge in [0, 0.05) is 5.92 Å². The molecule has 0 saturated heterocycles. The Morgan fingerprint density at radius 3 is 2.65 bits per heavy atom. The van der Waals surface area contributed by atoms with Crippen LogP contribution in [-0.2, 0) is 4.79 Å². The van der Waals surface area contributed by atoms with Crippen LogP contribution in [0.1, 0.15) is 23.7 Å². The molecule has 1 aliphatic rings. The van der Waals surface area contributed by atoms with Gasteiger partial charge in [-0.25, -0.2) is 9.18 Å². The van der Waals surface area contributed by atoms with E-state index in [2.05, 4.69) is 5.32 Å². The number of aromatic carboxylic acids is 1. The molecule has 0 aromatic heterocycles. The van der Waals surface area contributed by atoms with Crippen LogP contribution < -0.4 is 5.32 Å². The van der Waals surface area contributed by atoms with E-state index in [0.717, 1.165) is 18.6 Å². The first-order chi connectivity index (χ1) is 7.99. The van der Waals surface area contributed by atoms with E-state index < -0.39 is 11.8 Å². The van der Waals surface area contributed by atoms with Gasteiger partial charge in [-0.3, -0.25) is 4.79 Å². The van der Waals surface area contributed by atoms with Crippen molar-refractivity contribution in [1.29, 1.82) is 0 Å². The van der Waals surface area contributed by atoms with E-state index in [1.54, 1.807) is 0 Å². The normalized spacial score (nSPS) is 22.0. The van der Waals surface area contributed by atoms with Gasteiger partial charge in [0.25, 0.3) is 0 Å². The minimum absolute atomic E-state index is 0.0540. The Bertz CT molecular complexity index is 487. The lowest BCUT2D eigenvalue weighted by molar-refractivity contribution is -0.117. The zero-order valence-corrected chi connectivity index (χ0v) is 9.24. The molecule has 1 aliphatic carbocycles. The van der Waals surface area contributed by atoms with Crippen molar-refractivity contribution < 1.29 is 19.1 Å². The summed E-state index contributed by atoms with van der Waals surface area (Å²) in [6.07, 6.45) is 0.815. The summed E-state index contributed by atoms with van der Waals surface area (Å²) in [5.41, 5.74) is -0.0883. The van der Waals surface area contributed by atoms with Crippen LogP contribution in [0.4, 0.5) is 10.1 Å². The lowest BCUT2D eigenvalue weighted by atomic mass is 10.1. The highest BCUT2D eigenvalue weighted by molar-refractivity contribution is 6.01. The number of rotatable bonds is 3. The quantitative estimate of drug-likeness (QED) is 0.846. The largest absolute Gasteiger partial charge is 0.478 e. The lowest BCUT2D eigenvalue weighted by Crippen LogP contribution is -2.17. The second-order valence-corrected chi connectivity index (χ2v) is 4.30. The topological polar surface area (TPSA) is 66.4 Å². The number of hydrogen-bond donors (Lipinski definition) is 2. The van der Waals surface area contributed by atoms with E-state index in [1.165, 1.54) is 6.07 Å². The summed E-state index contributed by atoms with van der Waals surface area (Å²) < 4.78 is 12.9. The fourth-order valence-corrected chi connectivity index (χ4v) is 1.72. The Morgan fingerprint density at radius 2 is 2.12 bits per heavy atom. The van der Waals surface area contributed by atoms with Gasteiger partial charge in [-0.2, -0.15) is 0 Å². The Morgan fingerprint density at radius 1 is 1.47 bits per heavy atom. The Kier molecular flexibility index (Phi) is 2.83. The number of anilines is 1. The zero-order valence-electron chi connectivity index (χ0n) is 9.24. The van der Waals surface area contributed by atoms with Crippen LogP contribution in [0.15, 0.2) is 18.2 Å². The van der Waals surface area contributed by atoms with Gasteiger partial charge in [-0.1, -0.05) is 6.92 Å². The Balaban J connectivity index is 2.20. The average Bonchev–Trinajstić information content (AvgIpc) is 2.98. The molecular weight excluding hydrogens is 225 g/mol. The van der Waals surface area contributed by atoms with E-state index in [0.29, 0.717) is 5.92 Å². The van der Waals surface area contributed by atoms with Gasteiger partial charge in [0.2, 0.25) is 5.91 Å². The molecular formula is C12H12FNO3. The highest BCUT2D eigenvalue weighted by atomic mass is 19.1. The molecule has 0 spiro atoms. The molecule has 0 bridgehead atoms. The smallest absolute Gasteiger partial charge is 0.337 e. The number of halogens is 1. The minimum atomic E-state index is -1.26. The molecule has 1 saturated carbocycles. The van der Waals surface area contributed by atoms with E-state index in [1.807, 2.05) is 6.92 Å². The molecule has 1 aromatic carbocycles. The first-order valence-electron chi connectivity index (χ1n) is 5.32. The Labute approximate surface area is 97.4 Å². The highest BCUT2D eigenvalue weighted by Crippen LogP contribution is 2.38. The summed E-state index contributed by atoms with van der Waals surface area (Å²) in [5, 5.41) is 11.4. The number of benzene rings is 1. The number of amides is 1. The molecule has 2 rings (SSSR count). The third kappa shape index (κ3) is 2.43. The maximum Gasteiger partial charge on any atom is 0.337 e. The molecule has 0 radical (unpaired) electrons. The van der Waals surface area contributed by atoms with Gasteiger partial charge in [-0.05, 0) is 30.5 Å². The molecule has 2 unspecified atom stereocenters. The van der Waals surface area contributed by atoms with Gasteiger partial charge in [0.05, 0.1) is 11.3 Å². The van der Waals surface area contributed by atoms with Crippen molar-refractivity contribution in [1.82, 2.24) is 0 Å². The second-order valence-electron chi connectivity index (χ2n) is 4.30. The molecule has 1 aromatic rings. The number of carboxylic acids is 1. The summed E-state index contributed by atoms with van der Waals surface area (Å²) in [6, 6.07) is 3.29. The van der Waals surface area contributed by atoms with Gasteiger partial charge < -0.3 is 10.4 Å². The van der Waals surface area contributed by atoms with Crippen LogP contribution in [0.2, 0.25) is 0 Å². The summed E-state index contributed by atoms with van der Waals surface area (Å²) >= 11 is 0. The van der Waals surface area contributed by atoms with Crippen LogP contribution >= 0.6 is 0 Å². The Hall–Kier alpha value is -1.91. The van der Waals surface area contributed by atoms with Crippen molar-refractivity contribution in [3.63, 3.8) is 0 Å². The fraction of sp³-hybridized carbons (Fsp3) is 0.333. The average molecular weight is 237 g/mol. The highest BCUT2D eigenvalue weighted by Gasteiger charge is 2.39. The van der Waals surface area contributed by atoms with E-state index in [4.69, 9.17) is 5.11 Å². The van der Waals surface area contributed by atoms with Gasteiger partial charge in [0.15, 0.2) is 0 Å². The third-order valence-electron chi connectivity index (χ3n) is 2.92. The molecule has 4 nitrogen and oxygen atoms in total. The van der Waals surface area contributed by atoms with Gasteiger partial charge in [0.1, 0.15) is 5.82 Å². The maximum atomic E-state index is 12.9. The predicted octanol–water partition coefficient (Wildman–Crippen LogP) is 2.12. The monoisotopic (exact) mass is 237 g/mol. The molecule has 0 aliphatic heterocycles. The number of carbonyl (C=O) groups excluding carboxylic acids is 1. The van der Waals surface area contributed by atoms with Crippen molar-refractivity contribution in [2.75, 3.05) is 5.32 Å². The van der Waals surface area contributed by atoms with Crippen molar-refractivity contribution in [2.45, 2.75) is 13.3 Å². The third-order valence-corrected chi connectivity index (χ3v) is 2.92. The van der Waals surface area contributed by atoms with Crippen molar-refractivity contribution in [3.8, 4) is 0 Å². The van der Waals surface area contributed by atoms with Crippen LogP contribution in [0.5, 0.6) is 0 Å². The SMILES string of the molecule is CC1CC1C(=O)Nc1ccc(F)cc1C(=O)O. The van der Waals surface area contributed by atoms with Crippen molar-refractivity contribution >= 4 is 17.6 Å². The first-order valence-corrected chi connectivity index (χ1v) is 5.32. The van der Waals surface area contributed by atoms with Crippen molar-refractivity contribution in [3.05, 3.63) is 29.6 Å². The van der Waals surface area contributed by atoms with Gasteiger partial charge >= 0.3 is 5.97 Å². The van der Waals surface area contributed by atoms with Crippen molar-refractivity contribution in [2.24, 2.45) is 11.8 Å². The molecule has 90 valence electrons. The number of carbonyl (C=O) groups is 2. The zero-order chi connectivity index (χ0) is 12.6. The molecule has 2 N–H and O–H groups in total. The summed E-state index contributed by atoms with van der Waals surface area (Å²) in [6.45, 7) is 1.95. The van der Waals surface area contributed by atoms with E-state index in [9.17, 15) is 14.0 Å².